The van der Waals surface area contributed by atoms with Crippen molar-refractivity contribution in [1.82, 2.24) is 0 Å². The van der Waals surface area contributed by atoms with Crippen molar-refractivity contribution in [2.75, 3.05) is 5.32 Å². The first-order valence-corrected chi connectivity index (χ1v) is 5.92. The SMILES string of the molecule is CC(C#N)c1ccc(NC(=O)OC(C)(C)C)cc1F. The average molecular weight is 264 g/mol. The van der Waals surface area contributed by atoms with E-state index in [2.05, 4.69) is 5.32 Å². The fourth-order valence-corrected chi connectivity index (χ4v) is 1.45. The molecule has 19 heavy (non-hydrogen) atoms. The fraction of sp³-hybridized carbons (Fsp3) is 0.429. The average Bonchev–Trinajstić information content (AvgIpc) is 2.25. The van der Waals surface area contributed by atoms with Gasteiger partial charge < -0.3 is 4.74 Å². The maximum atomic E-state index is 13.7. The van der Waals surface area contributed by atoms with Crippen molar-refractivity contribution in [3.63, 3.8) is 0 Å². The van der Waals surface area contributed by atoms with E-state index in [-0.39, 0.29) is 0 Å². The molecule has 1 unspecified atom stereocenters. The van der Waals surface area contributed by atoms with Crippen molar-refractivity contribution in [1.29, 1.82) is 5.26 Å². The predicted molar refractivity (Wildman–Crippen MR) is 70.3 cm³/mol. The zero-order valence-corrected chi connectivity index (χ0v) is 11.5. The molecule has 0 spiro atoms. The molecule has 102 valence electrons. The molecular weight excluding hydrogens is 247 g/mol. The first kappa shape index (κ1) is 15.0. The van der Waals surface area contributed by atoms with Crippen molar-refractivity contribution < 1.29 is 13.9 Å². The van der Waals surface area contributed by atoms with Crippen LogP contribution in [0.3, 0.4) is 0 Å². The van der Waals surface area contributed by atoms with Gasteiger partial charge in [-0.1, -0.05) is 6.07 Å². The van der Waals surface area contributed by atoms with E-state index in [4.69, 9.17) is 10.00 Å². The molecule has 0 saturated carbocycles. The lowest BCUT2D eigenvalue weighted by molar-refractivity contribution is 0.0636. The molecule has 4 nitrogen and oxygen atoms in total. The normalized spacial score (nSPS) is 12.4. The highest BCUT2D eigenvalue weighted by Gasteiger charge is 2.17. The highest BCUT2D eigenvalue weighted by Crippen LogP contribution is 2.22. The zero-order chi connectivity index (χ0) is 14.6. The second-order valence-corrected chi connectivity index (χ2v) is 5.21. The summed E-state index contributed by atoms with van der Waals surface area (Å²) in [5.74, 6) is -1.06. The number of amides is 1. The van der Waals surface area contributed by atoms with Crippen LogP contribution in [-0.4, -0.2) is 11.7 Å². The van der Waals surface area contributed by atoms with Crippen molar-refractivity contribution >= 4 is 11.8 Å². The maximum absolute atomic E-state index is 13.7. The van der Waals surface area contributed by atoms with Gasteiger partial charge in [-0.2, -0.15) is 5.26 Å². The quantitative estimate of drug-likeness (QED) is 0.883. The lowest BCUT2D eigenvalue weighted by Gasteiger charge is -2.19. The third-order valence-corrected chi connectivity index (χ3v) is 2.31. The van der Waals surface area contributed by atoms with Crippen LogP contribution in [0.4, 0.5) is 14.9 Å². The number of nitrogens with one attached hydrogen (secondary N) is 1. The summed E-state index contributed by atoms with van der Waals surface area (Å²) in [7, 11) is 0. The van der Waals surface area contributed by atoms with Crippen LogP contribution in [0.1, 0.15) is 39.2 Å². The molecule has 1 N–H and O–H groups in total. The van der Waals surface area contributed by atoms with Crippen molar-refractivity contribution in [2.45, 2.75) is 39.2 Å². The van der Waals surface area contributed by atoms with Crippen molar-refractivity contribution in [3.8, 4) is 6.07 Å². The molecule has 5 heteroatoms. The number of ether oxygens (including phenoxy) is 1. The van der Waals surface area contributed by atoms with Gasteiger partial charge in [0.15, 0.2) is 0 Å². The summed E-state index contributed by atoms with van der Waals surface area (Å²) in [6.45, 7) is 6.83. The number of carbonyl (C=O) groups excluding carboxylic acids is 1. The standard InChI is InChI=1S/C14H17FN2O2/c1-9(8-16)11-6-5-10(7-12(11)15)17-13(18)19-14(2,3)4/h5-7,9H,1-4H3,(H,17,18). The number of anilines is 1. The molecule has 0 aliphatic heterocycles. The van der Waals surface area contributed by atoms with Gasteiger partial charge in [0.05, 0.1) is 12.0 Å². The molecule has 0 aliphatic carbocycles. The molecule has 1 aromatic rings. The van der Waals surface area contributed by atoms with Crippen LogP contribution in [0.15, 0.2) is 18.2 Å². The number of nitrogens with zero attached hydrogens (tertiary/aromatic N) is 1. The first-order chi connectivity index (χ1) is 8.73. The molecule has 1 rings (SSSR count). The van der Waals surface area contributed by atoms with Crippen LogP contribution >= 0.6 is 0 Å². The van der Waals surface area contributed by atoms with Gasteiger partial charge in [0.1, 0.15) is 11.4 Å². The minimum atomic E-state index is -0.645. The van der Waals surface area contributed by atoms with Gasteiger partial charge in [-0.05, 0) is 39.8 Å². The van der Waals surface area contributed by atoms with E-state index in [1.54, 1.807) is 27.7 Å². The van der Waals surface area contributed by atoms with E-state index in [9.17, 15) is 9.18 Å². The summed E-state index contributed by atoms with van der Waals surface area (Å²) in [6.07, 6.45) is -0.645. The molecule has 1 amide bonds. The van der Waals surface area contributed by atoms with Gasteiger partial charge in [-0.15, -0.1) is 0 Å². The Morgan fingerprint density at radius 1 is 1.47 bits per heavy atom. The van der Waals surface area contributed by atoms with Crippen LogP contribution in [0.25, 0.3) is 0 Å². The Bertz CT molecular complexity index is 515. The van der Waals surface area contributed by atoms with Crippen LogP contribution < -0.4 is 5.32 Å². The van der Waals surface area contributed by atoms with E-state index in [1.807, 2.05) is 6.07 Å². The lowest BCUT2D eigenvalue weighted by Crippen LogP contribution is -2.27. The molecule has 0 saturated heterocycles. The highest BCUT2D eigenvalue weighted by molar-refractivity contribution is 5.84. The minimum absolute atomic E-state index is 0.292. The molecule has 0 heterocycles. The van der Waals surface area contributed by atoms with Crippen molar-refractivity contribution in [3.05, 3.63) is 29.6 Å². The van der Waals surface area contributed by atoms with Gasteiger partial charge >= 0.3 is 6.09 Å². The zero-order valence-electron chi connectivity index (χ0n) is 11.5. The van der Waals surface area contributed by atoms with E-state index >= 15 is 0 Å². The van der Waals surface area contributed by atoms with E-state index in [0.717, 1.165) is 0 Å². The molecule has 0 bridgehead atoms. The number of hydrogen-bond donors (Lipinski definition) is 1. The van der Waals surface area contributed by atoms with Crippen LogP contribution in [-0.2, 0) is 4.74 Å². The summed E-state index contributed by atoms with van der Waals surface area (Å²) in [5, 5.41) is 11.2. The Morgan fingerprint density at radius 3 is 2.58 bits per heavy atom. The van der Waals surface area contributed by atoms with Gasteiger partial charge in [0.25, 0.3) is 0 Å². The molecule has 0 fully saturated rings. The molecule has 0 aliphatic rings. The number of benzene rings is 1. The summed E-state index contributed by atoms with van der Waals surface area (Å²) >= 11 is 0. The topological polar surface area (TPSA) is 62.1 Å². The van der Waals surface area contributed by atoms with E-state index < -0.39 is 23.4 Å². The van der Waals surface area contributed by atoms with Crippen LogP contribution in [0.2, 0.25) is 0 Å². The Morgan fingerprint density at radius 2 is 2.11 bits per heavy atom. The summed E-state index contributed by atoms with van der Waals surface area (Å²) < 4.78 is 18.8. The second-order valence-electron chi connectivity index (χ2n) is 5.21. The van der Waals surface area contributed by atoms with Gasteiger partial charge in [-0.25, -0.2) is 9.18 Å². The van der Waals surface area contributed by atoms with Crippen LogP contribution in [0.5, 0.6) is 0 Å². The minimum Gasteiger partial charge on any atom is -0.444 e. The smallest absolute Gasteiger partial charge is 0.412 e. The van der Waals surface area contributed by atoms with Crippen LogP contribution in [0, 0.1) is 17.1 Å². The monoisotopic (exact) mass is 264 g/mol. The van der Waals surface area contributed by atoms with Gasteiger partial charge in [0.2, 0.25) is 0 Å². The Labute approximate surface area is 112 Å². The maximum Gasteiger partial charge on any atom is 0.412 e. The van der Waals surface area contributed by atoms with E-state index in [1.165, 1.54) is 18.2 Å². The number of halogens is 1. The Balaban J connectivity index is 2.80. The first-order valence-electron chi connectivity index (χ1n) is 5.92. The van der Waals surface area contributed by atoms with E-state index in [0.29, 0.717) is 11.3 Å². The molecule has 0 radical (unpaired) electrons. The van der Waals surface area contributed by atoms with Gasteiger partial charge in [0, 0.05) is 11.3 Å². The van der Waals surface area contributed by atoms with Crippen molar-refractivity contribution in [2.24, 2.45) is 0 Å². The molecule has 1 aromatic carbocycles. The summed E-state index contributed by atoms with van der Waals surface area (Å²) in [5.41, 5.74) is -0.0179. The summed E-state index contributed by atoms with van der Waals surface area (Å²) in [4.78, 5) is 11.5. The largest absolute Gasteiger partial charge is 0.444 e. The number of nitriles is 1. The molecule has 1 atom stereocenters. The Hall–Kier alpha value is -2.09. The fourth-order valence-electron chi connectivity index (χ4n) is 1.45. The summed E-state index contributed by atoms with van der Waals surface area (Å²) in [6, 6.07) is 6.15. The molecular formula is C14H17FN2O2. The number of hydrogen-bond acceptors (Lipinski definition) is 3. The predicted octanol–water partition coefficient (Wildman–Crippen LogP) is 3.80. The third kappa shape index (κ3) is 4.59. The molecule has 0 aromatic heterocycles. The highest BCUT2D eigenvalue weighted by atomic mass is 19.1. The lowest BCUT2D eigenvalue weighted by atomic mass is 10.0. The third-order valence-electron chi connectivity index (χ3n) is 2.31. The number of carbonyl (C=O) groups is 1. The second kappa shape index (κ2) is 5.70. The number of rotatable bonds is 2. The van der Waals surface area contributed by atoms with Gasteiger partial charge in [-0.3, -0.25) is 5.32 Å². The Kier molecular flexibility index (Phi) is 4.49.